The van der Waals surface area contributed by atoms with Crippen LogP contribution in [-0.2, 0) is 26.3 Å². The third kappa shape index (κ3) is 6.10. The molecule has 2 aromatic heterocycles. The standard InChI is InChI=1S/C27H24ClF2N3O5S/c1-3-11-39(36,37)32-22-10-9-21(29)24(25(22)30)26(35)20-14-33(15-38-23(34)4-2)27-19(20)12-17(13-31-27)16-5-7-18(28)8-6-16/h5-10,12-14,32H,3-4,11,15H2,1-2H3. The summed E-state index contributed by atoms with van der Waals surface area (Å²) in [5, 5.41) is 0.767. The van der Waals surface area contributed by atoms with Crippen LogP contribution in [0.25, 0.3) is 22.2 Å². The summed E-state index contributed by atoms with van der Waals surface area (Å²) in [6.07, 6.45) is 3.23. The Hall–Kier alpha value is -3.83. The van der Waals surface area contributed by atoms with Crippen LogP contribution in [0.1, 0.15) is 42.6 Å². The molecule has 0 amide bonds. The molecule has 0 spiro atoms. The number of carbonyl (C=O) groups excluding carboxylic acids is 2. The van der Waals surface area contributed by atoms with Crippen molar-refractivity contribution in [1.29, 1.82) is 0 Å². The number of rotatable bonds is 10. The number of hydrogen-bond donors (Lipinski definition) is 1. The minimum absolute atomic E-state index is 0.118. The predicted octanol–water partition coefficient (Wildman–Crippen LogP) is 5.93. The number of ketones is 1. The Morgan fingerprint density at radius 1 is 1.08 bits per heavy atom. The first-order valence-corrected chi connectivity index (χ1v) is 14.0. The van der Waals surface area contributed by atoms with E-state index < -0.39 is 44.7 Å². The number of carbonyl (C=O) groups is 2. The van der Waals surface area contributed by atoms with Gasteiger partial charge < -0.3 is 4.74 Å². The fourth-order valence-electron chi connectivity index (χ4n) is 3.96. The Kier molecular flexibility index (Phi) is 8.31. The molecule has 0 fully saturated rings. The van der Waals surface area contributed by atoms with E-state index in [2.05, 4.69) is 9.71 Å². The van der Waals surface area contributed by atoms with Crippen LogP contribution in [0, 0.1) is 11.6 Å². The van der Waals surface area contributed by atoms with Gasteiger partial charge in [0.15, 0.2) is 12.5 Å². The summed E-state index contributed by atoms with van der Waals surface area (Å²) < 4.78 is 63.4. The van der Waals surface area contributed by atoms with Gasteiger partial charge in [-0.3, -0.25) is 18.9 Å². The van der Waals surface area contributed by atoms with Crippen LogP contribution in [-0.4, -0.2) is 35.5 Å². The molecule has 39 heavy (non-hydrogen) atoms. The molecule has 204 valence electrons. The van der Waals surface area contributed by atoms with Crippen LogP contribution in [0.2, 0.25) is 5.02 Å². The van der Waals surface area contributed by atoms with E-state index in [9.17, 15) is 22.4 Å². The number of nitrogens with zero attached hydrogens (tertiary/aromatic N) is 2. The summed E-state index contributed by atoms with van der Waals surface area (Å²) in [6.45, 7) is 2.97. The minimum atomic E-state index is -3.91. The number of anilines is 1. The first kappa shape index (κ1) is 28.2. The predicted molar refractivity (Wildman–Crippen MR) is 144 cm³/mol. The number of halogens is 3. The van der Waals surface area contributed by atoms with Gasteiger partial charge >= 0.3 is 5.97 Å². The van der Waals surface area contributed by atoms with Crippen LogP contribution in [0.15, 0.2) is 54.9 Å². The maximum absolute atomic E-state index is 15.4. The van der Waals surface area contributed by atoms with Crippen molar-refractivity contribution >= 4 is 50.1 Å². The number of esters is 1. The lowest BCUT2D eigenvalue weighted by molar-refractivity contribution is -0.146. The van der Waals surface area contributed by atoms with Crippen LogP contribution in [0.5, 0.6) is 0 Å². The Balaban J connectivity index is 1.85. The second kappa shape index (κ2) is 11.5. The van der Waals surface area contributed by atoms with Crippen molar-refractivity contribution in [3.05, 3.63) is 82.6 Å². The minimum Gasteiger partial charge on any atom is -0.444 e. The van der Waals surface area contributed by atoms with Crippen molar-refractivity contribution in [3.63, 3.8) is 0 Å². The SMILES string of the molecule is CCCS(=O)(=O)Nc1ccc(F)c(C(=O)c2cn(COC(=O)CC)c3ncc(-c4ccc(Cl)cc4)cc23)c1F. The molecule has 0 aliphatic carbocycles. The number of hydrogen-bond acceptors (Lipinski definition) is 6. The average Bonchev–Trinajstić information content (AvgIpc) is 3.27. The molecule has 0 bridgehead atoms. The van der Waals surface area contributed by atoms with Gasteiger partial charge in [-0.15, -0.1) is 0 Å². The topological polar surface area (TPSA) is 107 Å². The molecule has 2 heterocycles. The molecule has 2 aromatic carbocycles. The fraction of sp³-hybridized carbons (Fsp3) is 0.222. The highest BCUT2D eigenvalue weighted by atomic mass is 35.5. The number of ether oxygens (including phenoxy) is 1. The van der Waals surface area contributed by atoms with Gasteiger partial charge in [0, 0.05) is 34.8 Å². The van der Waals surface area contributed by atoms with Gasteiger partial charge in [-0.1, -0.05) is 37.6 Å². The largest absolute Gasteiger partial charge is 0.444 e. The molecule has 0 radical (unpaired) electrons. The molecular weight excluding hydrogens is 552 g/mol. The van der Waals surface area contributed by atoms with Crippen molar-refractivity contribution in [3.8, 4) is 11.1 Å². The third-order valence-electron chi connectivity index (χ3n) is 5.85. The molecule has 4 rings (SSSR count). The smallest absolute Gasteiger partial charge is 0.307 e. The summed E-state index contributed by atoms with van der Waals surface area (Å²) in [6, 6.07) is 10.2. The first-order chi connectivity index (χ1) is 18.5. The van der Waals surface area contributed by atoms with Crippen molar-refractivity contribution in [2.75, 3.05) is 10.5 Å². The highest BCUT2D eigenvalue weighted by molar-refractivity contribution is 7.92. The second-order valence-corrected chi connectivity index (χ2v) is 10.9. The number of pyridine rings is 1. The van der Waals surface area contributed by atoms with Gasteiger partial charge in [0.05, 0.1) is 22.6 Å². The first-order valence-electron chi connectivity index (χ1n) is 12.0. The van der Waals surface area contributed by atoms with Crippen LogP contribution < -0.4 is 4.72 Å². The molecule has 0 atom stereocenters. The number of nitrogens with one attached hydrogen (secondary N) is 1. The number of fused-ring (bicyclic) bond motifs is 1. The van der Waals surface area contributed by atoms with E-state index in [-0.39, 0.29) is 41.9 Å². The lowest BCUT2D eigenvalue weighted by Crippen LogP contribution is -2.18. The molecule has 0 saturated heterocycles. The van der Waals surface area contributed by atoms with E-state index in [4.69, 9.17) is 16.3 Å². The number of aromatic nitrogens is 2. The molecule has 12 heteroatoms. The lowest BCUT2D eigenvalue weighted by atomic mass is 10.00. The summed E-state index contributed by atoms with van der Waals surface area (Å²) >= 11 is 5.99. The zero-order chi connectivity index (χ0) is 28.3. The molecular formula is C27H24ClF2N3O5S. The van der Waals surface area contributed by atoms with Crippen molar-refractivity contribution < 1.29 is 31.5 Å². The number of benzene rings is 2. The Morgan fingerprint density at radius 3 is 2.46 bits per heavy atom. The molecule has 8 nitrogen and oxygen atoms in total. The third-order valence-corrected chi connectivity index (χ3v) is 7.57. The van der Waals surface area contributed by atoms with Crippen LogP contribution in [0.4, 0.5) is 14.5 Å². The summed E-state index contributed by atoms with van der Waals surface area (Å²) in [5.41, 5.74) is -0.0459. The normalized spacial score (nSPS) is 11.5. The maximum Gasteiger partial charge on any atom is 0.307 e. The highest BCUT2D eigenvalue weighted by Gasteiger charge is 2.27. The molecule has 1 N–H and O–H groups in total. The van der Waals surface area contributed by atoms with E-state index in [0.717, 1.165) is 17.7 Å². The monoisotopic (exact) mass is 575 g/mol. The van der Waals surface area contributed by atoms with Crippen molar-refractivity contribution in [2.45, 2.75) is 33.4 Å². The van der Waals surface area contributed by atoms with Gasteiger partial charge in [0.2, 0.25) is 15.8 Å². The molecule has 0 aliphatic heterocycles. The molecule has 0 aliphatic rings. The van der Waals surface area contributed by atoms with E-state index in [1.54, 1.807) is 50.4 Å². The van der Waals surface area contributed by atoms with Gasteiger partial charge in [-0.2, -0.15) is 0 Å². The quantitative estimate of drug-likeness (QED) is 0.186. The lowest BCUT2D eigenvalue weighted by Gasteiger charge is -2.11. The van der Waals surface area contributed by atoms with E-state index in [1.165, 1.54) is 10.8 Å². The van der Waals surface area contributed by atoms with Crippen molar-refractivity contribution in [1.82, 2.24) is 9.55 Å². The summed E-state index contributed by atoms with van der Waals surface area (Å²) in [5.74, 6) is -4.33. The highest BCUT2D eigenvalue weighted by Crippen LogP contribution is 2.31. The average molecular weight is 576 g/mol. The fourth-order valence-corrected chi connectivity index (χ4v) is 5.21. The van der Waals surface area contributed by atoms with Crippen LogP contribution >= 0.6 is 11.6 Å². The molecule has 4 aromatic rings. The van der Waals surface area contributed by atoms with Gasteiger partial charge in [0.25, 0.3) is 0 Å². The Morgan fingerprint density at radius 2 is 1.79 bits per heavy atom. The summed E-state index contributed by atoms with van der Waals surface area (Å²) in [4.78, 5) is 29.8. The molecule has 0 saturated carbocycles. The van der Waals surface area contributed by atoms with Gasteiger partial charge in [0.1, 0.15) is 11.5 Å². The van der Waals surface area contributed by atoms with E-state index in [0.29, 0.717) is 10.6 Å². The van der Waals surface area contributed by atoms with E-state index >= 15 is 4.39 Å². The van der Waals surface area contributed by atoms with E-state index in [1.807, 2.05) is 0 Å². The molecule has 0 unspecified atom stereocenters. The van der Waals surface area contributed by atoms with Gasteiger partial charge in [-0.25, -0.2) is 22.2 Å². The summed E-state index contributed by atoms with van der Waals surface area (Å²) in [7, 11) is -3.91. The second-order valence-electron chi connectivity index (χ2n) is 8.65. The maximum atomic E-state index is 15.4. The Bertz CT molecular complexity index is 1670. The number of sulfonamides is 1. The van der Waals surface area contributed by atoms with Crippen LogP contribution in [0.3, 0.4) is 0 Å². The Labute approximate surface area is 228 Å². The van der Waals surface area contributed by atoms with Gasteiger partial charge in [-0.05, 0) is 42.3 Å². The zero-order valence-corrected chi connectivity index (χ0v) is 22.6. The zero-order valence-electron chi connectivity index (χ0n) is 21.0. The van der Waals surface area contributed by atoms with Crippen molar-refractivity contribution in [2.24, 2.45) is 0 Å².